The van der Waals surface area contributed by atoms with Crippen molar-refractivity contribution < 1.29 is 0 Å². The maximum atomic E-state index is 6.13. The molecule has 1 atom stereocenters. The second-order valence-corrected chi connectivity index (χ2v) is 18.4. The van der Waals surface area contributed by atoms with E-state index in [0.717, 1.165) is 31.7 Å². The fourth-order valence-electron chi connectivity index (χ4n) is 5.54. The minimum absolute atomic E-state index is 0.341. The Kier molecular flexibility index (Phi) is 6.60. The number of hydrogen-bond acceptors (Lipinski definition) is 0. The lowest BCUT2D eigenvalue weighted by molar-refractivity contribution is 0.811. The van der Waals surface area contributed by atoms with E-state index < -0.39 is 6.00 Å². The molecular formula is C29H27Cl3Si. The van der Waals surface area contributed by atoms with Crippen molar-refractivity contribution in [2.24, 2.45) is 0 Å². The van der Waals surface area contributed by atoms with Crippen molar-refractivity contribution in [3.63, 3.8) is 0 Å². The molecule has 0 spiro atoms. The summed E-state index contributed by atoms with van der Waals surface area (Å²) in [6.07, 6.45) is 6.50. The van der Waals surface area contributed by atoms with Crippen LogP contribution in [0.4, 0.5) is 0 Å². The van der Waals surface area contributed by atoms with Crippen LogP contribution >= 0.6 is 33.2 Å². The number of rotatable bonds is 7. The van der Waals surface area contributed by atoms with Crippen molar-refractivity contribution in [3.05, 3.63) is 106 Å². The van der Waals surface area contributed by atoms with Gasteiger partial charge in [0.05, 0.1) is 0 Å². The molecule has 33 heavy (non-hydrogen) atoms. The molecule has 4 heteroatoms. The van der Waals surface area contributed by atoms with Crippen LogP contribution in [0.3, 0.4) is 0 Å². The third-order valence-electron chi connectivity index (χ3n) is 6.96. The summed E-state index contributed by atoms with van der Waals surface area (Å²) in [4.78, 5) is 0. The third kappa shape index (κ3) is 4.75. The number of hydrogen-bond donors (Lipinski definition) is 0. The summed E-state index contributed by atoms with van der Waals surface area (Å²) in [7, 11) is 0. The number of unbranched alkanes of at least 4 members (excludes halogenated alkanes) is 1. The molecule has 3 aromatic rings. The number of fused-ring (bicyclic) bond motifs is 2. The van der Waals surface area contributed by atoms with Gasteiger partial charge in [-0.05, 0) is 71.2 Å². The fraction of sp³-hybridized carbons (Fsp3) is 0.241. The zero-order valence-corrected chi connectivity index (χ0v) is 22.0. The van der Waals surface area contributed by atoms with E-state index >= 15 is 0 Å². The largest absolute Gasteiger partial charge is 0.341 e. The summed E-state index contributed by atoms with van der Waals surface area (Å²) in [5.74, 6) is 0.341. The molecule has 0 amide bonds. The quantitative estimate of drug-likeness (QED) is 0.169. The van der Waals surface area contributed by atoms with Crippen molar-refractivity contribution >= 4 is 50.9 Å². The molecule has 0 saturated carbocycles. The topological polar surface area (TPSA) is 0 Å². The van der Waals surface area contributed by atoms with Gasteiger partial charge in [-0.2, -0.15) is 0 Å². The first-order chi connectivity index (χ1) is 15.9. The zero-order chi connectivity index (χ0) is 23.0. The zero-order valence-electron chi connectivity index (χ0n) is 18.8. The van der Waals surface area contributed by atoms with Crippen LogP contribution in [-0.2, 0) is 6.42 Å². The summed E-state index contributed by atoms with van der Waals surface area (Å²) in [6, 6.07) is 24.6. The molecular weight excluding hydrogens is 483 g/mol. The van der Waals surface area contributed by atoms with E-state index in [2.05, 4.69) is 85.8 Å². The summed E-state index contributed by atoms with van der Waals surface area (Å²) in [5, 5.41) is 0. The monoisotopic (exact) mass is 508 g/mol. The smallest absolute Gasteiger partial charge is 0.126 e. The average Bonchev–Trinajstić information content (AvgIpc) is 3.32. The van der Waals surface area contributed by atoms with Crippen LogP contribution < -0.4 is 0 Å². The van der Waals surface area contributed by atoms with E-state index in [1.54, 1.807) is 5.57 Å². The van der Waals surface area contributed by atoms with Crippen molar-refractivity contribution in [2.75, 3.05) is 0 Å². The highest BCUT2D eigenvalue weighted by molar-refractivity contribution is 7.64. The summed E-state index contributed by atoms with van der Waals surface area (Å²) in [6.45, 7) is 2.29. The lowest BCUT2D eigenvalue weighted by Gasteiger charge is -2.20. The molecule has 0 aliphatic heterocycles. The first-order valence-electron chi connectivity index (χ1n) is 11.7. The number of benzene rings is 3. The van der Waals surface area contributed by atoms with E-state index in [1.807, 2.05) is 0 Å². The molecule has 2 aliphatic carbocycles. The lowest BCUT2D eigenvalue weighted by Crippen LogP contribution is -2.08. The van der Waals surface area contributed by atoms with Gasteiger partial charge in [0.25, 0.3) is 0 Å². The Bertz CT molecular complexity index is 1240. The van der Waals surface area contributed by atoms with Gasteiger partial charge in [-0.3, -0.25) is 0 Å². The van der Waals surface area contributed by atoms with Crippen LogP contribution in [0.5, 0.6) is 0 Å². The van der Waals surface area contributed by atoms with E-state index in [0.29, 0.717) is 5.92 Å². The molecule has 0 bridgehead atoms. The molecule has 0 fully saturated rings. The van der Waals surface area contributed by atoms with Crippen LogP contribution in [0.2, 0.25) is 6.04 Å². The molecule has 0 heterocycles. The molecule has 0 N–H and O–H groups in total. The predicted molar refractivity (Wildman–Crippen MR) is 147 cm³/mol. The van der Waals surface area contributed by atoms with Crippen molar-refractivity contribution in [2.45, 2.75) is 44.6 Å². The van der Waals surface area contributed by atoms with Crippen LogP contribution in [0, 0.1) is 0 Å². The molecule has 0 saturated heterocycles. The molecule has 0 radical (unpaired) electrons. The number of halogens is 3. The van der Waals surface area contributed by atoms with Gasteiger partial charge in [-0.25, -0.2) is 0 Å². The van der Waals surface area contributed by atoms with Gasteiger partial charge in [0.15, 0.2) is 0 Å². The molecule has 168 valence electrons. The minimum atomic E-state index is -2.55. The maximum Gasteiger partial charge on any atom is 0.341 e. The fourth-order valence-corrected chi connectivity index (χ4v) is 7.39. The summed E-state index contributed by atoms with van der Waals surface area (Å²) in [5.41, 5.74) is 12.8. The molecule has 3 aromatic carbocycles. The van der Waals surface area contributed by atoms with Crippen molar-refractivity contribution in [3.8, 4) is 11.1 Å². The molecule has 0 nitrogen and oxygen atoms in total. The SMILES string of the molecule is CC1=Cc2c(-c3ccccc3)cccc2C1C1=C(CCCC[Si](Cl)(Cl)Cl)c2ccccc2C1. The highest BCUT2D eigenvalue weighted by atomic mass is 35.8. The molecule has 0 aromatic heterocycles. The van der Waals surface area contributed by atoms with Gasteiger partial charge in [-0.1, -0.05) is 96.4 Å². The maximum absolute atomic E-state index is 6.13. The van der Waals surface area contributed by atoms with Crippen molar-refractivity contribution in [1.29, 1.82) is 0 Å². The van der Waals surface area contributed by atoms with Crippen molar-refractivity contribution in [1.82, 2.24) is 0 Å². The van der Waals surface area contributed by atoms with Gasteiger partial charge in [0, 0.05) is 5.92 Å². The Labute approximate surface area is 212 Å². The van der Waals surface area contributed by atoms with Crippen LogP contribution in [0.15, 0.2) is 83.9 Å². The molecule has 1 unspecified atom stereocenters. The number of allylic oxidation sites excluding steroid dienone is 3. The second kappa shape index (κ2) is 9.47. The van der Waals surface area contributed by atoms with E-state index in [-0.39, 0.29) is 0 Å². The van der Waals surface area contributed by atoms with E-state index in [1.165, 1.54) is 44.5 Å². The highest BCUT2D eigenvalue weighted by Crippen LogP contribution is 2.50. The minimum Gasteiger partial charge on any atom is -0.126 e. The second-order valence-electron chi connectivity index (χ2n) is 9.16. The Balaban J connectivity index is 1.52. The average molecular weight is 510 g/mol. The first-order valence-corrected chi connectivity index (χ1v) is 16.9. The summed E-state index contributed by atoms with van der Waals surface area (Å²) < 4.78 is 0. The van der Waals surface area contributed by atoms with Crippen LogP contribution in [0.25, 0.3) is 22.8 Å². The molecule has 5 rings (SSSR count). The van der Waals surface area contributed by atoms with Gasteiger partial charge < -0.3 is 0 Å². The van der Waals surface area contributed by atoms with Gasteiger partial charge >= 0.3 is 6.00 Å². The van der Waals surface area contributed by atoms with Crippen LogP contribution in [-0.4, -0.2) is 6.00 Å². The highest BCUT2D eigenvalue weighted by Gasteiger charge is 2.33. The van der Waals surface area contributed by atoms with E-state index in [4.69, 9.17) is 33.2 Å². The van der Waals surface area contributed by atoms with Gasteiger partial charge in [-0.15, -0.1) is 33.2 Å². The Morgan fingerprint density at radius 3 is 2.33 bits per heavy atom. The Hall–Kier alpha value is -1.77. The van der Waals surface area contributed by atoms with E-state index in [9.17, 15) is 0 Å². The lowest BCUT2D eigenvalue weighted by atomic mass is 9.84. The standard InChI is InChI=1S/C29H27Cl3Si/c1-20-18-27-23(21-10-3-2-4-11-21)15-9-16-26(27)29(20)28-19-22-12-5-6-13-24(22)25(28)14-7-8-17-33(30,31)32/h2-6,9-13,15-16,18,29H,7-8,14,17,19H2,1H3. The van der Waals surface area contributed by atoms with Gasteiger partial charge in [0.2, 0.25) is 0 Å². The normalized spacial score (nSPS) is 17.2. The van der Waals surface area contributed by atoms with Crippen LogP contribution in [0.1, 0.15) is 54.4 Å². The van der Waals surface area contributed by atoms with Gasteiger partial charge in [0.1, 0.15) is 0 Å². The molecule has 2 aliphatic rings. The third-order valence-corrected chi connectivity index (χ3v) is 9.58. The predicted octanol–water partition coefficient (Wildman–Crippen LogP) is 9.69. The summed E-state index contributed by atoms with van der Waals surface area (Å²) >= 11 is 18.4. The Morgan fingerprint density at radius 1 is 0.818 bits per heavy atom. The first kappa shape index (κ1) is 23.0. The Morgan fingerprint density at radius 2 is 1.55 bits per heavy atom.